The third kappa shape index (κ3) is 2.36. The Morgan fingerprint density at radius 2 is 2.17 bits per heavy atom. The summed E-state index contributed by atoms with van der Waals surface area (Å²) in [5, 5.41) is 10.4. The van der Waals surface area contributed by atoms with Crippen LogP contribution in [0.4, 0.5) is 0 Å². The van der Waals surface area contributed by atoms with E-state index in [1.165, 1.54) is 6.20 Å². The minimum Gasteiger partial charge on any atom is -0.462 e. The number of rotatable bonds is 3. The maximum atomic E-state index is 11.6. The molecule has 1 aromatic rings. The largest absolute Gasteiger partial charge is 0.462 e. The molecule has 1 saturated carbocycles. The van der Waals surface area contributed by atoms with Gasteiger partial charge in [0.05, 0.1) is 17.9 Å². The van der Waals surface area contributed by atoms with E-state index >= 15 is 0 Å². The standard InChI is InChI=1S/C13H18N2O3/c1-3-18-11(16)10-8-14-12(15-9(10)2)13(17)6-4-5-7-13/h8,17H,3-7H2,1-2H3. The molecule has 1 aromatic heterocycles. The van der Waals surface area contributed by atoms with Crippen LogP contribution >= 0.6 is 0 Å². The van der Waals surface area contributed by atoms with Gasteiger partial charge in [0.25, 0.3) is 0 Å². The summed E-state index contributed by atoms with van der Waals surface area (Å²) in [5.41, 5.74) is -0.00113. The number of aromatic nitrogens is 2. The Morgan fingerprint density at radius 3 is 2.72 bits per heavy atom. The average Bonchev–Trinajstić information content (AvgIpc) is 2.77. The van der Waals surface area contributed by atoms with Gasteiger partial charge in [-0.3, -0.25) is 0 Å². The first-order chi connectivity index (χ1) is 8.57. The van der Waals surface area contributed by atoms with Crippen LogP contribution in [0.3, 0.4) is 0 Å². The number of aliphatic hydroxyl groups is 1. The van der Waals surface area contributed by atoms with Crippen LogP contribution in [-0.4, -0.2) is 27.7 Å². The summed E-state index contributed by atoms with van der Waals surface area (Å²) in [6.45, 7) is 3.81. The van der Waals surface area contributed by atoms with Crippen LogP contribution < -0.4 is 0 Å². The molecule has 5 heteroatoms. The Kier molecular flexibility index (Phi) is 3.61. The highest BCUT2D eigenvalue weighted by atomic mass is 16.5. The van der Waals surface area contributed by atoms with Gasteiger partial charge in [0.1, 0.15) is 5.60 Å². The number of hydrogen-bond acceptors (Lipinski definition) is 5. The fourth-order valence-corrected chi connectivity index (χ4v) is 2.28. The van der Waals surface area contributed by atoms with Gasteiger partial charge < -0.3 is 9.84 Å². The number of esters is 1. The Morgan fingerprint density at radius 1 is 1.50 bits per heavy atom. The molecule has 1 aliphatic carbocycles. The summed E-state index contributed by atoms with van der Waals surface area (Å²) < 4.78 is 4.92. The maximum Gasteiger partial charge on any atom is 0.341 e. The van der Waals surface area contributed by atoms with Gasteiger partial charge in [0, 0.05) is 6.20 Å². The highest BCUT2D eigenvalue weighted by molar-refractivity contribution is 5.90. The zero-order valence-electron chi connectivity index (χ0n) is 10.8. The quantitative estimate of drug-likeness (QED) is 0.827. The molecule has 18 heavy (non-hydrogen) atoms. The van der Waals surface area contributed by atoms with Crippen molar-refractivity contribution in [3.05, 3.63) is 23.3 Å². The molecule has 0 atom stereocenters. The lowest BCUT2D eigenvalue weighted by atomic mass is 10.0. The first-order valence-electron chi connectivity index (χ1n) is 6.30. The van der Waals surface area contributed by atoms with Crippen molar-refractivity contribution in [3.63, 3.8) is 0 Å². The third-order valence-corrected chi connectivity index (χ3v) is 3.32. The summed E-state index contributed by atoms with van der Waals surface area (Å²) in [4.78, 5) is 20.0. The highest BCUT2D eigenvalue weighted by Gasteiger charge is 2.36. The van der Waals surface area contributed by atoms with E-state index in [2.05, 4.69) is 9.97 Å². The summed E-state index contributed by atoms with van der Waals surface area (Å²) in [6.07, 6.45) is 4.79. The molecule has 1 heterocycles. The number of carbonyl (C=O) groups is 1. The first-order valence-corrected chi connectivity index (χ1v) is 6.30. The molecular formula is C13H18N2O3. The number of aryl methyl sites for hydroxylation is 1. The van der Waals surface area contributed by atoms with Gasteiger partial charge in [0.15, 0.2) is 5.82 Å². The van der Waals surface area contributed by atoms with E-state index in [1.807, 2.05) is 0 Å². The topological polar surface area (TPSA) is 72.3 Å². The molecule has 98 valence electrons. The van der Waals surface area contributed by atoms with Crippen LogP contribution in [0.15, 0.2) is 6.20 Å². The number of hydrogen-bond donors (Lipinski definition) is 1. The van der Waals surface area contributed by atoms with E-state index in [0.29, 0.717) is 36.5 Å². The maximum absolute atomic E-state index is 11.6. The molecule has 0 aliphatic heterocycles. The molecule has 0 amide bonds. The molecular weight excluding hydrogens is 232 g/mol. The van der Waals surface area contributed by atoms with Gasteiger partial charge in [-0.1, -0.05) is 0 Å². The van der Waals surface area contributed by atoms with Crippen molar-refractivity contribution in [1.29, 1.82) is 0 Å². The van der Waals surface area contributed by atoms with E-state index in [-0.39, 0.29) is 0 Å². The Bertz CT molecular complexity index is 454. The van der Waals surface area contributed by atoms with Crippen molar-refractivity contribution in [2.45, 2.75) is 45.1 Å². The minimum atomic E-state index is -0.919. The second kappa shape index (κ2) is 5.02. The molecule has 1 N–H and O–H groups in total. The van der Waals surface area contributed by atoms with Crippen LogP contribution in [0.2, 0.25) is 0 Å². The number of ether oxygens (including phenoxy) is 1. The molecule has 5 nitrogen and oxygen atoms in total. The fourth-order valence-electron chi connectivity index (χ4n) is 2.28. The van der Waals surface area contributed by atoms with Gasteiger partial charge in [-0.25, -0.2) is 14.8 Å². The minimum absolute atomic E-state index is 0.323. The van der Waals surface area contributed by atoms with E-state index in [9.17, 15) is 9.90 Å². The predicted octanol–water partition coefficient (Wildman–Crippen LogP) is 1.72. The molecule has 0 radical (unpaired) electrons. The van der Waals surface area contributed by atoms with Gasteiger partial charge in [-0.2, -0.15) is 0 Å². The zero-order chi connectivity index (χ0) is 13.2. The zero-order valence-corrected chi connectivity index (χ0v) is 10.8. The van der Waals surface area contributed by atoms with Crippen LogP contribution in [-0.2, 0) is 10.3 Å². The summed E-state index contributed by atoms with van der Waals surface area (Å²) >= 11 is 0. The first kappa shape index (κ1) is 13.0. The van der Waals surface area contributed by atoms with Crippen molar-refractivity contribution in [3.8, 4) is 0 Å². The summed E-state index contributed by atoms with van der Waals surface area (Å²) in [6, 6.07) is 0. The van der Waals surface area contributed by atoms with Crippen molar-refractivity contribution >= 4 is 5.97 Å². The van der Waals surface area contributed by atoms with Crippen LogP contribution in [0.25, 0.3) is 0 Å². The van der Waals surface area contributed by atoms with Crippen molar-refractivity contribution < 1.29 is 14.6 Å². The van der Waals surface area contributed by atoms with Crippen LogP contribution in [0, 0.1) is 6.92 Å². The lowest BCUT2D eigenvalue weighted by Crippen LogP contribution is -2.25. The normalized spacial score (nSPS) is 17.7. The third-order valence-electron chi connectivity index (χ3n) is 3.32. The van der Waals surface area contributed by atoms with Crippen LogP contribution in [0.5, 0.6) is 0 Å². The Hall–Kier alpha value is -1.49. The smallest absolute Gasteiger partial charge is 0.341 e. The Labute approximate surface area is 106 Å². The van der Waals surface area contributed by atoms with E-state index in [4.69, 9.17) is 4.74 Å². The van der Waals surface area contributed by atoms with E-state index in [0.717, 1.165) is 12.8 Å². The van der Waals surface area contributed by atoms with Gasteiger partial charge in [-0.15, -0.1) is 0 Å². The van der Waals surface area contributed by atoms with Gasteiger partial charge >= 0.3 is 5.97 Å². The van der Waals surface area contributed by atoms with E-state index < -0.39 is 11.6 Å². The molecule has 2 rings (SSSR count). The molecule has 1 fully saturated rings. The average molecular weight is 250 g/mol. The van der Waals surface area contributed by atoms with Gasteiger partial charge in [-0.05, 0) is 39.5 Å². The monoisotopic (exact) mass is 250 g/mol. The fraction of sp³-hybridized carbons (Fsp3) is 0.615. The lowest BCUT2D eigenvalue weighted by molar-refractivity contribution is 0.0344. The molecule has 0 aromatic carbocycles. The SMILES string of the molecule is CCOC(=O)c1cnc(C2(O)CCCC2)nc1C. The lowest BCUT2D eigenvalue weighted by Gasteiger charge is -2.20. The number of nitrogens with zero attached hydrogens (tertiary/aromatic N) is 2. The predicted molar refractivity (Wildman–Crippen MR) is 65.1 cm³/mol. The Balaban J connectivity index is 2.27. The highest BCUT2D eigenvalue weighted by Crippen LogP contribution is 2.36. The second-order valence-electron chi connectivity index (χ2n) is 4.65. The molecule has 1 aliphatic rings. The summed E-state index contributed by atoms with van der Waals surface area (Å²) in [7, 11) is 0. The number of carbonyl (C=O) groups excluding carboxylic acids is 1. The second-order valence-corrected chi connectivity index (χ2v) is 4.65. The van der Waals surface area contributed by atoms with Crippen molar-refractivity contribution in [2.75, 3.05) is 6.61 Å². The van der Waals surface area contributed by atoms with Gasteiger partial charge in [0.2, 0.25) is 0 Å². The van der Waals surface area contributed by atoms with Crippen LogP contribution in [0.1, 0.15) is 54.5 Å². The summed E-state index contributed by atoms with van der Waals surface area (Å²) in [5.74, 6) is 0.00510. The van der Waals surface area contributed by atoms with E-state index in [1.54, 1.807) is 13.8 Å². The molecule has 0 spiro atoms. The molecule has 0 unspecified atom stereocenters. The van der Waals surface area contributed by atoms with Crippen molar-refractivity contribution in [1.82, 2.24) is 9.97 Å². The van der Waals surface area contributed by atoms with Crippen molar-refractivity contribution in [2.24, 2.45) is 0 Å². The molecule has 0 bridgehead atoms. The molecule has 0 saturated heterocycles.